The zero-order valence-corrected chi connectivity index (χ0v) is 8.82. The Balaban J connectivity index is 3.39. The molecule has 6 heteroatoms. The highest BCUT2D eigenvalue weighted by Gasteiger charge is 2.16. The molecular formula is C8H3Cl3O3. The van der Waals surface area contributed by atoms with Crippen LogP contribution in [0.2, 0.25) is 10.0 Å². The highest BCUT2D eigenvalue weighted by atomic mass is 35.5. The van der Waals surface area contributed by atoms with Crippen LogP contribution in [-0.2, 0) is 0 Å². The van der Waals surface area contributed by atoms with Crippen LogP contribution in [0.3, 0.4) is 0 Å². The van der Waals surface area contributed by atoms with Crippen molar-refractivity contribution in [2.45, 2.75) is 0 Å². The van der Waals surface area contributed by atoms with Crippen LogP contribution in [0, 0.1) is 0 Å². The SMILES string of the molecule is O=C(Cl)c1cc(Cl)c(C(=O)O)c(Cl)c1. The molecule has 0 amide bonds. The number of benzene rings is 1. The third-order valence-corrected chi connectivity index (χ3v) is 2.30. The summed E-state index contributed by atoms with van der Waals surface area (Å²) >= 11 is 16.4. The molecule has 3 nitrogen and oxygen atoms in total. The predicted octanol–water partition coefficient (Wildman–Crippen LogP) is 3.07. The van der Waals surface area contributed by atoms with Crippen molar-refractivity contribution in [3.05, 3.63) is 33.3 Å². The van der Waals surface area contributed by atoms with Crippen molar-refractivity contribution in [3.63, 3.8) is 0 Å². The van der Waals surface area contributed by atoms with Crippen LogP contribution in [0.1, 0.15) is 20.7 Å². The molecule has 0 spiro atoms. The van der Waals surface area contributed by atoms with Crippen molar-refractivity contribution in [3.8, 4) is 0 Å². The minimum absolute atomic E-state index is 0.0617. The Morgan fingerprint density at radius 3 is 1.86 bits per heavy atom. The van der Waals surface area contributed by atoms with E-state index in [0.717, 1.165) is 12.1 Å². The third-order valence-electron chi connectivity index (χ3n) is 1.48. The van der Waals surface area contributed by atoms with Gasteiger partial charge in [-0.3, -0.25) is 4.79 Å². The molecular weight excluding hydrogens is 250 g/mol. The summed E-state index contributed by atoms with van der Waals surface area (Å²) in [6, 6.07) is 2.32. The normalized spacial score (nSPS) is 9.93. The van der Waals surface area contributed by atoms with Crippen molar-refractivity contribution in [2.75, 3.05) is 0 Å². The molecule has 0 radical (unpaired) electrons. The van der Waals surface area contributed by atoms with Crippen molar-refractivity contribution in [1.82, 2.24) is 0 Å². The van der Waals surface area contributed by atoms with Gasteiger partial charge in [0, 0.05) is 5.56 Å². The van der Waals surface area contributed by atoms with Gasteiger partial charge in [-0.2, -0.15) is 0 Å². The smallest absolute Gasteiger partial charge is 0.338 e. The van der Waals surface area contributed by atoms with Gasteiger partial charge < -0.3 is 5.11 Å². The van der Waals surface area contributed by atoms with Gasteiger partial charge in [0.15, 0.2) is 0 Å². The van der Waals surface area contributed by atoms with Crippen molar-refractivity contribution >= 4 is 46.0 Å². The fraction of sp³-hybridized carbons (Fsp3) is 0. The monoisotopic (exact) mass is 252 g/mol. The van der Waals surface area contributed by atoms with Gasteiger partial charge in [0.25, 0.3) is 5.24 Å². The van der Waals surface area contributed by atoms with Gasteiger partial charge in [0.1, 0.15) is 0 Å². The second-order valence-electron chi connectivity index (χ2n) is 2.39. The van der Waals surface area contributed by atoms with E-state index in [-0.39, 0.29) is 21.2 Å². The standard InChI is InChI=1S/C8H3Cl3O3/c9-4-1-3(7(11)12)2-5(10)6(4)8(13)14/h1-2H,(H,13,14). The zero-order valence-electron chi connectivity index (χ0n) is 6.55. The van der Waals surface area contributed by atoms with Crippen LogP contribution >= 0.6 is 34.8 Å². The molecule has 1 aromatic rings. The molecule has 0 aromatic heterocycles. The first-order valence-corrected chi connectivity index (χ1v) is 4.49. The van der Waals surface area contributed by atoms with Crippen LogP contribution in [0.4, 0.5) is 0 Å². The summed E-state index contributed by atoms with van der Waals surface area (Å²) in [7, 11) is 0. The maximum atomic E-state index is 10.7. The summed E-state index contributed by atoms with van der Waals surface area (Å²) in [5.74, 6) is -1.26. The number of rotatable bonds is 2. The molecule has 1 N–H and O–H groups in total. The molecule has 0 fully saturated rings. The minimum atomic E-state index is -1.26. The zero-order chi connectivity index (χ0) is 10.9. The molecule has 0 aliphatic carbocycles. The number of halogens is 3. The predicted molar refractivity (Wildman–Crippen MR) is 53.6 cm³/mol. The maximum absolute atomic E-state index is 10.7. The molecule has 1 rings (SSSR count). The Morgan fingerprint density at radius 2 is 1.57 bits per heavy atom. The van der Waals surface area contributed by atoms with E-state index in [1.807, 2.05) is 0 Å². The second kappa shape index (κ2) is 4.17. The van der Waals surface area contributed by atoms with Crippen molar-refractivity contribution < 1.29 is 14.7 Å². The van der Waals surface area contributed by atoms with E-state index in [4.69, 9.17) is 39.9 Å². The summed E-state index contributed by atoms with van der Waals surface area (Å²) < 4.78 is 0. The Hall–Kier alpha value is -0.770. The summed E-state index contributed by atoms with van der Waals surface area (Å²) in [4.78, 5) is 21.4. The number of aromatic carboxylic acids is 1. The Labute approximate surface area is 94.2 Å². The van der Waals surface area contributed by atoms with Gasteiger partial charge in [-0.1, -0.05) is 23.2 Å². The Bertz CT molecular complexity index is 391. The summed E-state index contributed by atoms with van der Waals surface area (Å²) in [6.07, 6.45) is 0. The van der Waals surface area contributed by atoms with Gasteiger partial charge >= 0.3 is 5.97 Å². The number of hydrogen-bond acceptors (Lipinski definition) is 2. The van der Waals surface area contributed by atoms with E-state index in [0.29, 0.717) is 0 Å². The lowest BCUT2D eigenvalue weighted by Crippen LogP contribution is -2.01. The molecule has 0 unspecified atom stereocenters. The van der Waals surface area contributed by atoms with Gasteiger partial charge in [0.05, 0.1) is 15.6 Å². The van der Waals surface area contributed by atoms with Gasteiger partial charge in [-0.25, -0.2) is 4.79 Å². The minimum Gasteiger partial charge on any atom is -0.478 e. The largest absolute Gasteiger partial charge is 0.478 e. The van der Waals surface area contributed by atoms with Crippen LogP contribution < -0.4 is 0 Å². The first-order valence-electron chi connectivity index (χ1n) is 3.35. The van der Waals surface area contributed by atoms with Crippen molar-refractivity contribution in [2.24, 2.45) is 0 Å². The Kier molecular flexibility index (Phi) is 3.37. The van der Waals surface area contributed by atoms with E-state index in [1.54, 1.807) is 0 Å². The van der Waals surface area contributed by atoms with E-state index < -0.39 is 11.2 Å². The summed E-state index contributed by atoms with van der Waals surface area (Å²) in [5.41, 5.74) is -0.179. The fourth-order valence-electron chi connectivity index (χ4n) is 0.891. The topological polar surface area (TPSA) is 54.4 Å². The van der Waals surface area contributed by atoms with Gasteiger partial charge in [0.2, 0.25) is 0 Å². The third kappa shape index (κ3) is 2.18. The molecule has 0 saturated carbocycles. The molecule has 74 valence electrons. The average Bonchev–Trinajstić information content (AvgIpc) is 2.01. The van der Waals surface area contributed by atoms with E-state index >= 15 is 0 Å². The lowest BCUT2D eigenvalue weighted by molar-refractivity contribution is 0.0697. The van der Waals surface area contributed by atoms with Crippen LogP contribution in [0.25, 0.3) is 0 Å². The number of carbonyl (C=O) groups excluding carboxylic acids is 1. The molecule has 0 aliphatic rings. The van der Waals surface area contributed by atoms with Crippen molar-refractivity contribution in [1.29, 1.82) is 0 Å². The first kappa shape index (κ1) is 11.3. The number of carbonyl (C=O) groups is 2. The second-order valence-corrected chi connectivity index (χ2v) is 3.55. The highest BCUT2D eigenvalue weighted by Crippen LogP contribution is 2.27. The van der Waals surface area contributed by atoms with E-state index in [9.17, 15) is 9.59 Å². The quantitative estimate of drug-likeness (QED) is 0.824. The molecule has 14 heavy (non-hydrogen) atoms. The van der Waals surface area contributed by atoms with Gasteiger partial charge in [-0.15, -0.1) is 0 Å². The first-order chi connectivity index (χ1) is 6.43. The molecule has 1 aromatic carbocycles. The fourth-order valence-corrected chi connectivity index (χ4v) is 1.65. The average molecular weight is 253 g/mol. The van der Waals surface area contributed by atoms with E-state index in [1.165, 1.54) is 0 Å². The Morgan fingerprint density at radius 1 is 1.14 bits per heavy atom. The molecule has 0 heterocycles. The highest BCUT2D eigenvalue weighted by molar-refractivity contribution is 6.68. The molecule has 0 atom stereocenters. The van der Waals surface area contributed by atoms with Crippen LogP contribution in [-0.4, -0.2) is 16.3 Å². The van der Waals surface area contributed by atoms with Gasteiger partial charge in [-0.05, 0) is 23.7 Å². The molecule has 0 bridgehead atoms. The number of carboxylic acid groups (broad SMARTS) is 1. The molecule has 0 saturated heterocycles. The lowest BCUT2D eigenvalue weighted by atomic mass is 10.1. The van der Waals surface area contributed by atoms with E-state index in [2.05, 4.69) is 0 Å². The van der Waals surface area contributed by atoms with Crippen LogP contribution in [0.15, 0.2) is 12.1 Å². The van der Waals surface area contributed by atoms with Crippen LogP contribution in [0.5, 0.6) is 0 Å². The number of hydrogen-bond donors (Lipinski definition) is 1. The number of carboxylic acids is 1. The maximum Gasteiger partial charge on any atom is 0.338 e. The summed E-state index contributed by atoms with van der Waals surface area (Å²) in [6.45, 7) is 0. The molecule has 0 aliphatic heterocycles. The lowest BCUT2D eigenvalue weighted by Gasteiger charge is -2.03. The summed E-state index contributed by atoms with van der Waals surface area (Å²) in [5, 5.41) is 7.71.